The molecule has 0 aliphatic carbocycles. The fraction of sp³-hybridized carbons (Fsp3) is 0.505. The number of halogens is 5. The number of sulfonamides is 3. The molecule has 4 aliphatic heterocycles. The third-order valence-electron chi connectivity index (χ3n) is 24.2. The molecule has 43 heteroatoms. The van der Waals surface area contributed by atoms with Crippen LogP contribution in [0, 0.1) is 55.4 Å². The number of carbonyl (C=O) groups is 4. The number of esters is 2. The van der Waals surface area contributed by atoms with Crippen LogP contribution >= 0.6 is 74.4 Å². The number of hydrogen-bond acceptors (Lipinski definition) is 22. The maximum Gasteiger partial charge on any atom is 1.00 e. The van der Waals surface area contributed by atoms with Gasteiger partial charge >= 0.3 is 47.5 Å². The summed E-state index contributed by atoms with van der Waals surface area (Å²) in [4.78, 5) is 88.6. The van der Waals surface area contributed by atoms with Crippen molar-refractivity contribution in [2.75, 3.05) is 117 Å². The van der Waals surface area contributed by atoms with Crippen molar-refractivity contribution in [1.29, 1.82) is 0 Å². The topological polar surface area (TPSA) is 418 Å². The molecule has 1 amide bonds. The number of carbonyl (C=O) groups excluding carboxylic acids is 3. The van der Waals surface area contributed by atoms with Gasteiger partial charge in [-0.05, 0) is 294 Å². The number of likely N-dealkylation sites (tertiary alicyclic amines) is 1. The van der Waals surface area contributed by atoms with Gasteiger partial charge in [0.05, 0.1) is 53.9 Å². The molecule has 10 aromatic rings. The number of aryl methyl sites for hydroxylation is 4. The molecule has 4 unspecified atom stereocenters. The number of ether oxygens (including phenoxy) is 2. The number of carboxylic acids is 1. The Morgan fingerprint density at radius 2 is 0.684 bits per heavy atom. The van der Waals surface area contributed by atoms with Crippen LogP contribution in [0.15, 0.2) is 113 Å². The molecular weight excluding hydrogens is 2120 g/mol. The Labute approximate surface area is 861 Å². The van der Waals surface area contributed by atoms with Crippen LogP contribution in [0.25, 0.3) is 22.1 Å². The van der Waals surface area contributed by atoms with Crippen molar-refractivity contribution in [2.45, 2.75) is 194 Å². The molecule has 4 aliphatic rings. The third-order valence-corrected chi connectivity index (χ3v) is 29.9. The van der Waals surface area contributed by atoms with Crippen LogP contribution < -0.4 is 51.7 Å². The van der Waals surface area contributed by atoms with E-state index in [4.69, 9.17) is 15.2 Å². The Kier molecular flexibility index (Phi) is 44.9. The molecule has 14 rings (SSSR count). The summed E-state index contributed by atoms with van der Waals surface area (Å²) in [5.74, 6) is -1.76. The number of aromatic carboxylic acids is 1. The number of H-pyrrole nitrogens is 2. The zero-order chi connectivity index (χ0) is 98.2. The number of nitrogens with two attached hydrogens (primary N) is 1. The number of hydrogen-bond donors (Lipinski definition) is 5. The van der Waals surface area contributed by atoms with Gasteiger partial charge in [0.2, 0.25) is 39.1 Å². The van der Waals surface area contributed by atoms with E-state index in [-0.39, 0.29) is 122 Å². The van der Waals surface area contributed by atoms with E-state index in [0.29, 0.717) is 118 Å². The normalized spacial score (nSPS) is 16.0. The number of piperidine rings is 1. The quantitative estimate of drug-likeness (QED) is 0.0269. The fourth-order valence-corrected chi connectivity index (χ4v) is 21.9. The second-order valence-electron chi connectivity index (χ2n) is 34.6. The molecule has 748 valence electrons. The summed E-state index contributed by atoms with van der Waals surface area (Å²) < 4.78 is 117. The monoisotopic (exact) mass is 2250 g/mol. The van der Waals surface area contributed by atoms with Crippen molar-refractivity contribution in [3.63, 3.8) is 0 Å². The molecule has 7 N–H and O–H groups in total. The van der Waals surface area contributed by atoms with Crippen LogP contribution in [-0.2, 0) is 61.7 Å². The number of rotatable bonds is 20. The number of pyridine rings is 6. The maximum atomic E-state index is 13.4. The van der Waals surface area contributed by atoms with Crippen molar-refractivity contribution in [2.24, 2.45) is 5.73 Å². The van der Waals surface area contributed by atoms with Crippen LogP contribution in [0.3, 0.4) is 0 Å². The first-order valence-electron chi connectivity index (χ1n) is 43.5. The number of piperazine rings is 3. The molecule has 14 heterocycles. The molecule has 0 aromatic carbocycles. The minimum absolute atomic E-state index is 0. The number of carboxylic acid groups (broad SMARTS) is 1. The first kappa shape index (κ1) is 120. The number of fused-ring (bicyclic) bond motifs is 4. The summed E-state index contributed by atoms with van der Waals surface area (Å²) in [5, 5.41) is 12.5. The number of amides is 1. The molecule has 0 bridgehead atoms. The van der Waals surface area contributed by atoms with Gasteiger partial charge in [-0.1, -0.05) is 21.3 Å². The smallest absolute Gasteiger partial charge is 0.870 e. The van der Waals surface area contributed by atoms with Crippen LogP contribution in [0.4, 0.5) is 0 Å². The summed E-state index contributed by atoms with van der Waals surface area (Å²) in [7, 11) is -8.26. The predicted molar refractivity (Wildman–Crippen MR) is 549 cm³/mol. The maximum absolute atomic E-state index is 13.4. The predicted octanol–water partition coefficient (Wildman–Crippen LogP) is 12.3. The Hall–Kier alpha value is -6.53. The van der Waals surface area contributed by atoms with Crippen LogP contribution in [-0.4, -0.2) is 257 Å². The first-order valence-corrected chi connectivity index (χ1v) is 54.9. The molecule has 10 aromatic heterocycles. The molecule has 33 nitrogen and oxygen atoms in total. The van der Waals surface area contributed by atoms with E-state index < -0.39 is 45.1 Å². The Balaban J connectivity index is 0.000000302. The standard InChI is InChI=1S/C25H32BrN5O4S.C20H28BrN3O4S.C20H27BrN2O2.C17H22BrN3O4S.C8H12N2O.CH3ClO2S.2CH4.Na.H2O/c1-15-10-16(2)28-25(33)22(15)13-27-24(32)21-12-20-11-19(26)14-31(20)23(17(21)3)18(4)29-6-8-30(9-7-29)36(5,34)35;1-13(2)28-20(25)18-11-17-10-16(21)12-24(17)19(14(18)3)15(4)22-6-8-23(9-7-22)29(5,26)27;1-13(2)25-20(24)18-11-17-10-16(21)12-23(17)19(14(18)3)15(4)22-8-6-5-7-9-22;1-11-15(17(22)23)9-14-8-13(18)10-21(14)16(11)12(2)19-4-6-20(7-5-19)26(3,24)25;1-5-3-6(2)10-8(11)7(5)4-9;1-5(2,3)4;;;;/h10-12,14,18H,6-9,13H2,1-5H3,(H,27,32)(H,28,33);10-13,15H,6-9H2,1-5H3;10-13,15H,5-9H2,1-4H3;8-10,12H,4-7H2,1-3H3,(H,22,23);3H,4,9H2,1-2H3,(H,10,11);1H3;2*1H4;;1H2/q;;;;;;;;+1;/p-1. The van der Waals surface area contributed by atoms with Gasteiger partial charge in [0.1, 0.15) is 0 Å². The summed E-state index contributed by atoms with van der Waals surface area (Å²) in [6, 6.07) is 19.2. The number of aromatic amines is 2. The van der Waals surface area contributed by atoms with Gasteiger partial charge in [-0.2, -0.15) is 12.9 Å². The average molecular weight is 2260 g/mol. The van der Waals surface area contributed by atoms with Gasteiger partial charge in [-0.3, -0.25) is 34.0 Å². The van der Waals surface area contributed by atoms with Crippen molar-refractivity contribution in [3.05, 3.63) is 225 Å². The third kappa shape index (κ3) is 31.0. The van der Waals surface area contributed by atoms with Crippen LogP contribution in [0.5, 0.6) is 0 Å². The van der Waals surface area contributed by atoms with Crippen molar-refractivity contribution in [1.82, 2.24) is 65.4 Å². The van der Waals surface area contributed by atoms with Crippen LogP contribution in [0.2, 0.25) is 0 Å². The van der Waals surface area contributed by atoms with E-state index in [1.165, 1.54) is 56.6 Å². The SMILES string of the molecule is C.C.CS(=O)(=O)Cl.Cc1c(C(=O)O)cc2cc(Br)cn2c1C(C)N1CCN(S(C)(=O)=O)CC1.Cc1c(C(=O)OC(C)C)cc2cc(Br)cn2c1C(C)N1CCCCC1.Cc1c(C(=O)OC(C)C)cc2cc(Br)cn2c1C(C)N1CCN(S(C)(=O)=O)CC1.Cc1cc(C)c(CN)c(=O)[nH]1.Cc1cc(C)c(CNC(=O)c2cc3cc(Br)cn3c(C(C)N3CCN(S(C)(=O)=O)CC3)c2C)c(=O)[nH]1.[Na+].[OH-]. The van der Waals surface area contributed by atoms with E-state index >= 15 is 0 Å². The largest absolute Gasteiger partial charge is 1.00 e. The minimum atomic E-state index is -3.22. The molecular formula is C93H133Br4ClN15NaO18S4. The van der Waals surface area contributed by atoms with Crippen LogP contribution in [0.1, 0.15) is 234 Å². The van der Waals surface area contributed by atoms with Gasteiger partial charge in [0.25, 0.3) is 17.0 Å². The first-order chi connectivity index (χ1) is 61.5. The van der Waals surface area contributed by atoms with Gasteiger partial charge in [0.15, 0.2) is 0 Å². The van der Waals surface area contributed by atoms with Crippen molar-refractivity contribution < 1.29 is 102 Å². The number of aromatic nitrogens is 6. The van der Waals surface area contributed by atoms with E-state index in [1.54, 1.807) is 6.07 Å². The van der Waals surface area contributed by atoms with E-state index in [9.17, 15) is 67.5 Å². The van der Waals surface area contributed by atoms with E-state index in [0.717, 1.165) is 121 Å². The molecule has 4 atom stereocenters. The van der Waals surface area contributed by atoms with E-state index in [2.05, 4.69) is 156 Å². The number of nitrogens with zero attached hydrogens (tertiary/aromatic N) is 11. The minimum Gasteiger partial charge on any atom is -0.870 e. The zero-order valence-corrected chi connectivity index (χ0v) is 92.3. The van der Waals surface area contributed by atoms with Gasteiger partial charge in [0, 0.05) is 242 Å². The molecule has 0 spiro atoms. The van der Waals surface area contributed by atoms with Crippen molar-refractivity contribution >= 4 is 159 Å². The molecule has 4 saturated heterocycles. The summed E-state index contributed by atoms with van der Waals surface area (Å²) in [6.07, 6.45) is 16.2. The Morgan fingerprint density at radius 1 is 0.426 bits per heavy atom. The zero-order valence-electron chi connectivity index (χ0n) is 79.9. The average Bonchev–Trinajstić information content (AvgIpc) is 1.60. The summed E-state index contributed by atoms with van der Waals surface area (Å²) >= 11 is 14.1. The van der Waals surface area contributed by atoms with Crippen molar-refractivity contribution in [3.8, 4) is 0 Å². The molecule has 136 heavy (non-hydrogen) atoms. The van der Waals surface area contributed by atoms with E-state index in [1.807, 2.05) is 162 Å². The summed E-state index contributed by atoms with van der Waals surface area (Å²) in [5.41, 5.74) is 23.0. The van der Waals surface area contributed by atoms with Gasteiger partial charge < -0.3 is 58.7 Å². The van der Waals surface area contributed by atoms with Gasteiger partial charge in [-0.25, -0.2) is 48.1 Å². The Bertz CT molecular complexity index is 6530. The van der Waals surface area contributed by atoms with Gasteiger partial charge in [-0.15, -0.1) is 0 Å². The number of nitrogens with one attached hydrogen (secondary N) is 3. The Morgan fingerprint density at radius 3 is 0.949 bits per heavy atom. The second kappa shape index (κ2) is 50.9. The molecule has 4 fully saturated rings. The summed E-state index contributed by atoms with van der Waals surface area (Å²) in [6.45, 7) is 40.2. The molecule has 0 saturated carbocycles. The molecule has 0 radical (unpaired) electrons. The second-order valence-corrected chi connectivity index (χ2v) is 47.3. The fourth-order valence-electron chi connectivity index (χ4n) is 17.6.